The Labute approximate surface area is 163 Å². The number of furan rings is 1. The molecule has 0 spiro atoms. The van der Waals surface area contributed by atoms with Crippen LogP contribution in [0.15, 0.2) is 47.1 Å². The van der Waals surface area contributed by atoms with Crippen LogP contribution >= 0.6 is 0 Å². The molecule has 28 heavy (non-hydrogen) atoms. The van der Waals surface area contributed by atoms with Gasteiger partial charge in [-0.25, -0.2) is 4.79 Å². The van der Waals surface area contributed by atoms with E-state index >= 15 is 0 Å². The Morgan fingerprint density at radius 2 is 1.86 bits per heavy atom. The molecule has 2 heterocycles. The van der Waals surface area contributed by atoms with E-state index in [0.717, 1.165) is 6.42 Å². The standard InChI is InChI=1S/C21H24N2O5/c1-2-13-28-21(26)16-5-7-17(8-6-16)22-19(24)15-9-11-23(12-10-15)20(25)18-4-3-14-27-18/h3-8,14-15H,2,9-13H2,1H3,(H,22,24). The Kier molecular flexibility index (Phi) is 6.47. The normalized spacial score (nSPS) is 14.5. The van der Waals surface area contributed by atoms with Crippen LogP contribution in [0.1, 0.15) is 47.1 Å². The van der Waals surface area contributed by atoms with Crippen molar-refractivity contribution in [3.8, 4) is 0 Å². The minimum Gasteiger partial charge on any atom is -0.462 e. The van der Waals surface area contributed by atoms with E-state index in [-0.39, 0.29) is 23.7 Å². The second-order valence-corrected chi connectivity index (χ2v) is 6.75. The number of amides is 2. The molecule has 0 atom stereocenters. The van der Waals surface area contributed by atoms with Crippen LogP contribution in [0.3, 0.4) is 0 Å². The molecule has 0 aliphatic carbocycles. The number of carbonyl (C=O) groups excluding carboxylic acids is 3. The summed E-state index contributed by atoms with van der Waals surface area (Å²) in [5, 5.41) is 2.88. The predicted molar refractivity (Wildman–Crippen MR) is 103 cm³/mol. The smallest absolute Gasteiger partial charge is 0.338 e. The zero-order valence-corrected chi connectivity index (χ0v) is 15.8. The van der Waals surface area contributed by atoms with Crippen molar-refractivity contribution in [2.45, 2.75) is 26.2 Å². The summed E-state index contributed by atoms with van der Waals surface area (Å²) in [6.45, 7) is 3.35. The van der Waals surface area contributed by atoms with E-state index in [2.05, 4.69) is 5.32 Å². The Bertz CT molecular complexity index is 806. The summed E-state index contributed by atoms with van der Waals surface area (Å²) in [7, 11) is 0. The number of hydrogen-bond acceptors (Lipinski definition) is 5. The Morgan fingerprint density at radius 1 is 1.14 bits per heavy atom. The molecular weight excluding hydrogens is 360 g/mol. The van der Waals surface area contributed by atoms with Crippen LogP contribution in [0, 0.1) is 5.92 Å². The minimum atomic E-state index is -0.367. The maximum Gasteiger partial charge on any atom is 0.338 e. The van der Waals surface area contributed by atoms with E-state index in [1.54, 1.807) is 41.3 Å². The second kappa shape index (κ2) is 9.21. The predicted octanol–water partition coefficient (Wildman–Crippen LogP) is 3.34. The number of hydrogen-bond donors (Lipinski definition) is 1. The van der Waals surface area contributed by atoms with Crippen LogP contribution in [-0.4, -0.2) is 42.4 Å². The van der Waals surface area contributed by atoms with Gasteiger partial charge >= 0.3 is 5.97 Å². The quantitative estimate of drug-likeness (QED) is 0.772. The highest BCUT2D eigenvalue weighted by Crippen LogP contribution is 2.21. The first-order valence-electron chi connectivity index (χ1n) is 9.49. The van der Waals surface area contributed by atoms with Crippen LogP contribution in [0.4, 0.5) is 5.69 Å². The van der Waals surface area contributed by atoms with Crippen molar-refractivity contribution in [2.75, 3.05) is 25.0 Å². The summed E-state index contributed by atoms with van der Waals surface area (Å²) in [5.74, 6) is -0.426. The fourth-order valence-electron chi connectivity index (χ4n) is 3.11. The molecular formula is C21H24N2O5. The molecule has 1 saturated heterocycles. The van der Waals surface area contributed by atoms with E-state index in [0.29, 0.717) is 49.5 Å². The number of benzene rings is 1. The molecule has 1 aromatic carbocycles. The number of carbonyl (C=O) groups is 3. The number of nitrogens with zero attached hydrogens (tertiary/aromatic N) is 1. The number of ether oxygens (including phenoxy) is 1. The Balaban J connectivity index is 1.49. The van der Waals surface area contributed by atoms with Crippen LogP contribution in [-0.2, 0) is 9.53 Å². The van der Waals surface area contributed by atoms with E-state index in [9.17, 15) is 14.4 Å². The van der Waals surface area contributed by atoms with Crippen LogP contribution < -0.4 is 5.32 Å². The lowest BCUT2D eigenvalue weighted by atomic mass is 9.95. The summed E-state index contributed by atoms with van der Waals surface area (Å²) in [5.41, 5.74) is 1.09. The van der Waals surface area contributed by atoms with Gasteiger partial charge in [-0.05, 0) is 55.7 Å². The molecule has 7 heteroatoms. The van der Waals surface area contributed by atoms with Gasteiger partial charge in [0.1, 0.15) is 0 Å². The van der Waals surface area contributed by atoms with Crippen LogP contribution in [0.5, 0.6) is 0 Å². The summed E-state index contributed by atoms with van der Waals surface area (Å²) < 4.78 is 10.2. The number of nitrogens with one attached hydrogen (secondary N) is 1. The van der Waals surface area contributed by atoms with Crippen molar-refractivity contribution in [1.29, 1.82) is 0 Å². The number of esters is 1. The molecule has 1 aliphatic heterocycles. The minimum absolute atomic E-state index is 0.0774. The highest BCUT2D eigenvalue weighted by Gasteiger charge is 2.28. The molecule has 1 aliphatic rings. The van der Waals surface area contributed by atoms with Gasteiger partial charge in [0.2, 0.25) is 5.91 Å². The third-order valence-electron chi connectivity index (χ3n) is 4.71. The van der Waals surface area contributed by atoms with Crippen molar-refractivity contribution in [1.82, 2.24) is 4.90 Å². The van der Waals surface area contributed by atoms with E-state index in [4.69, 9.17) is 9.15 Å². The molecule has 1 aromatic heterocycles. The maximum atomic E-state index is 12.5. The summed E-state index contributed by atoms with van der Waals surface area (Å²) >= 11 is 0. The highest BCUT2D eigenvalue weighted by molar-refractivity contribution is 5.95. The van der Waals surface area contributed by atoms with Gasteiger partial charge in [-0.2, -0.15) is 0 Å². The molecule has 2 aromatic rings. The first-order chi connectivity index (χ1) is 13.6. The Hall–Kier alpha value is -3.09. The van der Waals surface area contributed by atoms with Crippen molar-refractivity contribution in [2.24, 2.45) is 5.92 Å². The first-order valence-corrected chi connectivity index (χ1v) is 9.49. The monoisotopic (exact) mass is 384 g/mol. The average molecular weight is 384 g/mol. The van der Waals surface area contributed by atoms with Crippen molar-refractivity contribution in [3.05, 3.63) is 54.0 Å². The van der Waals surface area contributed by atoms with E-state index < -0.39 is 0 Å². The molecule has 7 nitrogen and oxygen atoms in total. The molecule has 148 valence electrons. The van der Waals surface area contributed by atoms with Gasteiger partial charge in [0.05, 0.1) is 18.4 Å². The molecule has 1 N–H and O–H groups in total. The van der Waals surface area contributed by atoms with Crippen molar-refractivity contribution >= 4 is 23.5 Å². The van der Waals surface area contributed by atoms with Gasteiger partial charge in [-0.3, -0.25) is 9.59 Å². The van der Waals surface area contributed by atoms with Gasteiger partial charge in [0, 0.05) is 24.7 Å². The van der Waals surface area contributed by atoms with Crippen molar-refractivity contribution < 1.29 is 23.5 Å². The fraction of sp³-hybridized carbons (Fsp3) is 0.381. The number of anilines is 1. The summed E-state index contributed by atoms with van der Waals surface area (Å²) in [6.07, 6.45) is 3.44. The highest BCUT2D eigenvalue weighted by atomic mass is 16.5. The van der Waals surface area contributed by atoms with Gasteiger partial charge in [0.15, 0.2) is 5.76 Å². The maximum absolute atomic E-state index is 12.5. The van der Waals surface area contributed by atoms with E-state index in [1.807, 2.05) is 6.92 Å². The average Bonchev–Trinajstić information content (AvgIpc) is 3.27. The van der Waals surface area contributed by atoms with Gasteiger partial charge in [-0.15, -0.1) is 0 Å². The number of piperidine rings is 1. The second-order valence-electron chi connectivity index (χ2n) is 6.75. The molecule has 3 rings (SSSR count). The van der Waals surface area contributed by atoms with Gasteiger partial charge in [0.25, 0.3) is 5.91 Å². The SMILES string of the molecule is CCCOC(=O)c1ccc(NC(=O)C2CCN(C(=O)c3ccco3)CC2)cc1. The van der Waals surface area contributed by atoms with Crippen LogP contribution in [0.25, 0.3) is 0 Å². The lowest BCUT2D eigenvalue weighted by Crippen LogP contribution is -2.41. The topological polar surface area (TPSA) is 88.9 Å². The summed E-state index contributed by atoms with van der Waals surface area (Å²) in [4.78, 5) is 38.3. The van der Waals surface area contributed by atoms with Crippen LogP contribution in [0.2, 0.25) is 0 Å². The number of rotatable bonds is 6. The van der Waals surface area contributed by atoms with E-state index in [1.165, 1.54) is 6.26 Å². The lowest BCUT2D eigenvalue weighted by Gasteiger charge is -2.30. The molecule has 2 amide bonds. The molecule has 0 bridgehead atoms. The zero-order chi connectivity index (χ0) is 19.9. The van der Waals surface area contributed by atoms with Gasteiger partial charge < -0.3 is 19.4 Å². The largest absolute Gasteiger partial charge is 0.462 e. The van der Waals surface area contributed by atoms with Gasteiger partial charge in [-0.1, -0.05) is 6.92 Å². The molecule has 0 unspecified atom stereocenters. The third kappa shape index (κ3) is 4.79. The Morgan fingerprint density at radius 3 is 2.46 bits per heavy atom. The lowest BCUT2D eigenvalue weighted by molar-refractivity contribution is -0.121. The fourth-order valence-corrected chi connectivity index (χ4v) is 3.11. The van der Waals surface area contributed by atoms with Crippen molar-refractivity contribution in [3.63, 3.8) is 0 Å². The molecule has 0 saturated carbocycles. The third-order valence-corrected chi connectivity index (χ3v) is 4.71. The first kappa shape index (κ1) is 19.7. The number of likely N-dealkylation sites (tertiary alicyclic amines) is 1. The zero-order valence-electron chi connectivity index (χ0n) is 15.8. The molecule has 1 fully saturated rings. The summed E-state index contributed by atoms with van der Waals surface area (Å²) in [6, 6.07) is 9.98. The molecule has 0 radical (unpaired) electrons.